The van der Waals surface area contributed by atoms with E-state index in [1.165, 1.54) is 30.2 Å². The lowest BCUT2D eigenvalue weighted by atomic mass is 10.2. The number of amides is 2. The van der Waals surface area contributed by atoms with Gasteiger partial charge in [0, 0.05) is 5.69 Å². The fourth-order valence-electron chi connectivity index (χ4n) is 3.54. The number of nitrogens with one attached hydrogen (secondary N) is 2. The van der Waals surface area contributed by atoms with Crippen molar-refractivity contribution in [3.63, 3.8) is 0 Å². The lowest BCUT2D eigenvalue weighted by Gasteiger charge is -2.32. The van der Waals surface area contributed by atoms with Crippen molar-refractivity contribution in [2.75, 3.05) is 28.6 Å². The molecule has 1 heterocycles. The number of para-hydroxylation sites is 4. The van der Waals surface area contributed by atoms with Crippen LogP contribution in [0.4, 0.5) is 17.1 Å². The molecule has 34 heavy (non-hydrogen) atoms. The van der Waals surface area contributed by atoms with Gasteiger partial charge < -0.3 is 14.8 Å². The molecule has 0 bridgehead atoms. The van der Waals surface area contributed by atoms with Crippen molar-refractivity contribution in [1.82, 2.24) is 0 Å². The summed E-state index contributed by atoms with van der Waals surface area (Å²) in [6.45, 7) is 1.37. The highest BCUT2D eigenvalue weighted by Gasteiger charge is 2.32. The number of benzene rings is 3. The first kappa shape index (κ1) is 23.1. The van der Waals surface area contributed by atoms with E-state index in [1.807, 2.05) is 0 Å². The van der Waals surface area contributed by atoms with Gasteiger partial charge in [-0.25, -0.2) is 8.42 Å². The van der Waals surface area contributed by atoms with Crippen molar-refractivity contribution in [3.05, 3.63) is 72.8 Å². The average molecular weight is 482 g/mol. The van der Waals surface area contributed by atoms with Gasteiger partial charge in [0.2, 0.25) is 5.91 Å². The first-order valence-corrected chi connectivity index (χ1v) is 11.9. The molecule has 0 aromatic heterocycles. The molecule has 2 N–H and O–H groups in total. The van der Waals surface area contributed by atoms with Crippen LogP contribution in [0.2, 0.25) is 0 Å². The Balaban J connectivity index is 1.50. The lowest BCUT2D eigenvalue weighted by Crippen LogP contribution is -2.47. The maximum absolute atomic E-state index is 12.9. The molecule has 4 rings (SSSR count). The molecule has 9 nitrogen and oxygen atoms in total. The number of sulfonamides is 1. The molecule has 1 aliphatic heterocycles. The molecular weight excluding hydrogens is 458 g/mol. The predicted octanol–water partition coefficient (Wildman–Crippen LogP) is 3.25. The van der Waals surface area contributed by atoms with Crippen LogP contribution in [0.3, 0.4) is 0 Å². The highest BCUT2D eigenvalue weighted by molar-refractivity contribution is 7.92. The molecule has 0 radical (unpaired) electrons. The molecule has 0 saturated heterocycles. The topological polar surface area (TPSA) is 114 Å². The average Bonchev–Trinajstić information content (AvgIpc) is 2.82. The Hall–Kier alpha value is -4.05. The third-order valence-electron chi connectivity index (χ3n) is 5.15. The Morgan fingerprint density at radius 3 is 2.59 bits per heavy atom. The second-order valence-corrected chi connectivity index (χ2v) is 9.22. The number of anilines is 3. The monoisotopic (exact) mass is 481 g/mol. The quantitative estimate of drug-likeness (QED) is 0.536. The molecule has 1 unspecified atom stereocenters. The number of fused-ring (bicyclic) bond motifs is 1. The second-order valence-electron chi connectivity index (χ2n) is 7.53. The minimum Gasteiger partial charge on any atom is -0.495 e. The summed E-state index contributed by atoms with van der Waals surface area (Å²) in [6.07, 6.45) is -0.725. The first-order valence-electron chi connectivity index (χ1n) is 10.4. The molecule has 0 aliphatic carbocycles. The van der Waals surface area contributed by atoms with Gasteiger partial charge in [0.15, 0.2) is 6.10 Å². The highest BCUT2D eigenvalue weighted by atomic mass is 32.2. The molecule has 3 aromatic rings. The zero-order valence-electron chi connectivity index (χ0n) is 18.5. The van der Waals surface area contributed by atoms with E-state index in [9.17, 15) is 18.0 Å². The van der Waals surface area contributed by atoms with Crippen molar-refractivity contribution in [2.24, 2.45) is 0 Å². The number of hydrogen-bond acceptors (Lipinski definition) is 6. The Labute approximate surface area is 197 Å². The standard InChI is InChI=1S/C24H23N3O6S/c1-16-24(29)27(20-11-4-6-13-22(20)33-16)15-23(28)25-17-8-7-9-18(14-17)34(30,31)26-19-10-3-5-12-21(19)32-2/h3-14,16,26H,15H2,1-2H3,(H,25,28). The highest BCUT2D eigenvalue weighted by Crippen LogP contribution is 2.33. The predicted molar refractivity (Wildman–Crippen MR) is 128 cm³/mol. The van der Waals surface area contributed by atoms with E-state index in [-0.39, 0.29) is 28.7 Å². The first-order chi connectivity index (χ1) is 16.3. The van der Waals surface area contributed by atoms with Gasteiger partial charge in [-0.3, -0.25) is 19.2 Å². The molecule has 0 spiro atoms. The van der Waals surface area contributed by atoms with E-state index >= 15 is 0 Å². The zero-order chi connectivity index (χ0) is 24.3. The van der Waals surface area contributed by atoms with Crippen molar-refractivity contribution in [3.8, 4) is 11.5 Å². The van der Waals surface area contributed by atoms with Crippen LogP contribution in [0.25, 0.3) is 0 Å². The summed E-state index contributed by atoms with van der Waals surface area (Å²) in [5, 5.41) is 2.66. The Morgan fingerprint density at radius 1 is 1.06 bits per heavy atom. The van der Waals surface area contributed by atoms with E-state index in [0.29, 0.717) is 17.2 Å². The maximum atomic E-state index is 12.9. The second kappa shape index (κ2) is 9.44. The normalized spacial score (nSPS) is 15.2. The van der Waals surface area contributed by atoms with Gasteiger partial charge in [0.25, 0.3) is 15.9 Å². The van der Waals surface area contributed by atoms with E-state index in [2.05, 4.69) is 10.0 Å². The van der Waals surface area contributed by atoms with Crippen molar-refractivity contribution < 1.29 is 27.5 Å². The summed E-state index contributed by atoms with van der Waals surface area (Å²) >= 11 is 0. The zero-order valence-corrected chi connectivity index (χ0v) is 19.3. The fraction of sp³-hybridized carbons (Fsp3) is 0.167. The van der Waals surface area contributed by atoms with Crippen LogP contribution in [-0.4, -0.2) is 40.0 Å². The van der Waals surface area contributed by atoms with Gasteiger partial charge >= 0.3 is 0 Å². The number of methoxy groups -OCH3 is 1. The Bertz CT molecular complexity index is 1340. The Morgan fingerprint density at radius 2 is 1.79 bits per heavy atom. The lowest BCUT2D eigenvalue weighted by molar-refractivity contribution is -0.127. The summed E-state index contributed by atoms with van der Waals surface area (Å²) in [5.41, 5.74) is 1.06. The van der Waals surface area contributed by atoms with Crippen LogP contribution in [0.15, 0.2) is 77.7 Å². The summed E-state index contributed by atoms with van der Waals surface area (Å²) in [5.74, 6) is 0.0637. The smallest absolute Gasteiger partial charge is 0.268 e. The van der Waals surface area contributed by atoms with Gasteiger partial charge in [0.1, 0.15) is 18.0 Å². The molecule has 3 aromatic carbocycles. The van der Waals surface area contributed by atoms with Crippen LogP contribution < -0.4 is 24.4 Å². The molecular formula is C24H23N3O6S. The summed E-state index contributed by atoms with van der Waals surface area (Å²) in [7, 11) is -2.50. The van der Waals surface area contributed by atoms with Crippen LogP contribution in [0.1, 0.15) is 6.92 Å². The van der Waals surface area contributed by atoms with Crippen molar-refractivity contribution >= 4 is 38.9 Å². The number of carbonyl (C=O) groups is 2. The van der Waals surface area contributed by atoms with Crippen molar-refractivity contribution in [1.29, 1.82) is 0 Å². The maximum Gasteiger partial charge on any atom is 0.268 e. The third-order valence-corrected chi connectivity index (χ3v) is 6.52. The van der Waals surface area contributed by atoms with Gasteiger partial charge in [-0.15, -0.1) is 0 Å². The molecule has 0 saturated carbocycles. The van der Waals surface area contributed by atoms with Gasteiger partial charge in [-0.05, 0) is 49.4 Å². The summed E-state index contributed by atoms with van der Waals surface area (Å²) < 4.78 is 39.1. The van der Waals surface area contributed by atoms with E-state index in [1.54, 1.807) is 61.5 Å². The molecule has 0 fully saturated rings. The molecule has 1 aliphatic rings. The SMILES string of the molecule is COc1ccccc1NS(=O)(=O)c1cccc(NC(=O)CN2C(=O)C(C)Oc3ccccc32)c1. The number of rotatable bonds is 7. The summed E-state index contributed by atoms with van der Waals surface area (Å²) in [4.78, 5) is 26.7. The molecule has 10 heteroatoms. The van der Waals surface area contributed by atoms with Gasteiger partial charge in [-0.2, -0.15) is 0 Å². The third kappa shape index (κ3) is 4.81. The van der Waals surface area contributed by atoms with E-state index < -0.39 is 22.0 Å². The molecule has 2 amide bonds. The Kier molecular flexibility index (Phi) is 6.42. The van der Waals surface area contributed by atoms with Crippen LogP contribution in [0.5, 0.6) is 11.5 Å². The largest absolute Gasteiger partial charge is 0.495 e. The molecule has 176 valence electrons. The minimum atomic E-state index is -3.95. The van der Waals surface area contributed by atoms with E-state index in [4.69, 9.17) is 9.47 Å². The van der Waals surface area contributed by atoms with Gasteiger partial charge in [0.05, 0.1) is 23.4 Å². The number of hydrogen-bond donors (Lipinski definition) is 2. The molecule has 1 atom stereocenters. The van der Waals surface area contributed by atoms with Gasteiger partial charge in [-0.1, -0.05) is 30.3 Å². The van der Waals surface area contributed by atoms with Crippen LogP contribution in [0, 0.1) is 0 Å². The minimum absolute atomic E-state index is 0.0439. The van der Waals surface area contributed by atoms with Crippen LogP contribution in [-0.2, 0) is 19.6 Å². The van der Waals surface area contributed by atoms with E-state index in [0.717, 1.165) is 0 Å². The number of nitrogens with zero attached hydrogens (tertiary/aromatic N) is 1. The van der Waals surface area contributed by atoms with Crippen molar-refractivity contribution in [2.45, 2.75) is 17.9 Å². The van der Waals surface area contributed by atoms with Crippen LogP contribution >= 0.6 is 0 Å². The number of carbonyl (C=O) groups excluding carboxylic acids is 2. The summed E-state index contributed by atoms with van der Waals surface area (Å²) in [6, 6.07) is 19.4. The number of ether oxygens (including phenoxy) is 2. The fourth-order valence-corrected chi connectivity index (χ4v) is 4.66.